The average molecular weight is 228 g/mol. The molecule has 0 spiro atoms. The van der Waals surface area contributed by atoms with Crippen LogP contribution in [0.3, 0.4) is 0 Å². The quantitative estimate of drug-likeness (QED) is 0.627. The van der Waals surface area contributed by atoms with E-state index in [0.29, 0.717) is 5.92 Å². The van der Waals surface area contributed by atoms with Gasteiger partial charge in [0.2, 0.25) is 0 Å². The Morgan fingerprint density at radius 1 is 1.00 bits per heavy atom. The molecule has 16 heavy (non-hydrogen) atoms. The molecule has 0 aromatic rings. The molecular weight excluding hydrogens is 200 g/mol. The maximum absolute atomic E-state index is 9.63. The summed E-state index contributed by atoms with van der Waals surface area (Å²) in [6.07, 6.45) is 10.9. The second-order valence-electron chi connectivity index (χ2n) is 5.47. The predicted molar refractivity (Wildman–Crippen MR) is 67.3 cm³/mol. The largest absolute Gasteiger partial charge is 0.396 e. The smallest absolute Gasteiger partial charge is 0.0512 e. The van der Waals surface area contributed by atoms with Crippen LogP contribution in [0.5, 0.6) is 0 Å². The molecule has 0 amide bonds. The van der Waals surface area contributed by atoms with Crippen molar-refractivity contribution < 1.29 is 10.2 Å². The standard InChI is InChI=1S/C14H28O2/c1-2-3-4-7-10-14(11-15,12-16)13-8-5-6-9-13/h13,15-16H,2-12H2,1H3. The highest BCUT2D eigenvalue weighted by atomic mass is 16.3. The van der Waals surface area contributed by atoms with Gasteiger partial charge in [-0.25, -0.2) is 0 Å². The third-order valence-electron chi connectivity index (χ3n) is 4.38. The van der Waals surface area contributed by atoms with E-state index in [2.05, 4.69) is 6.92 Å². The first-order valence-corrected chi connectivity index (χ1v) is 7.01. The zero-order valence-electron chi connectivity index (χ0n) is 10.7. The molecule has 0 radical (unpaired) electrons. The van der Waals surface area contributed by atoms with Crippen LogP contribution in [0, 0.1) is 11.3 Å². The fraction of sp³-hybridized carbons (Fsp3) is 1.00. The van der Waals surface area contributed by atoms with Crippen molar-refractivity contribution in [1.29, 1.82) is 0 Å². The van der Waals surface area contributed by atoms with Crippen molar-refractivity contribution in [2.75, 3.05) is 13.2 Å². The summed E-state index contributed by atoms with van der Waals surface area (Å²) in [6.45, 7) is 2.54. The van der Waals surface area contributed by atoms with Crippen molar-refractivity contribution in [3.05, 3.63) is 0 Å². The van der Waals surface area contributed by atoms with Crippen molar-refractivity contribution >= 4 is 0 Å². The van der Waals surface area contributed by atoms with Gasteiger partial charge in [-0.2, -0.15) is 0 Å². The Morgan fingerprint density at radius 3 is 2.12 bits per heavy atom. The first-order chi connectivity index (χ1) is 7.79. The van der Waals surface area contributed by atoms with Crippen molar-refractivity contribution in [2.24, 2.45) is 11.3 Å². The Hall–Kier alpha value is -0.0800. The van der Waals surface area contributed by atoms with Crippen LogP contribution in [0.1, 0.15) is 64.7 Å². The molecule has 0 heterocycles. The molecule has 0 aromatic heterocycles. The molecule has 1 fully saturated rings. The summed E-state index contributed by atoms with van der Waals surface area (Å²) in [5.41, 5.74) is -0.176. The highest BCUT2D eigenvalue weighted by Crippen LogP contribution is 2.42. The van der Waals surface area contributed by atoms with Gasteiger partial charge < -0.3 is 10.2 Å². The zero-order chi connectivity index (χ0) is 11.9. The van der Waals surface area contributed by atoms with E-state index in [1.54, 1.807) is 0 Å². The van der Waals surface area contributed by atoms with Gasteiger partial charge in [0.15, 0.2) is 0 Å². The van der Waals surface area contributed by atoms with Crippen LogP contribution in [0.15, 0.2) is 0 Å². The second-order valence-corrected chi connectivity index (χ2v) is 5.47. The number of unbranched alkanes of at least 4 members (excludes halogenated alkanes) is 3. The van der Waals surface area contributed by atoms with E-state index < -0.39 is 0 Å². The minimum absolute atomic E-state index is 0.167. The summed E-state index contributed by atoms with van der Waals surface area (Å²) in [4.78, 5) is 0. The van der Waals surface area contributed by atoms with Gasteiger partial charge in [0.25, 0.3) is 0 Å². The molecule has 0 unspecified atom stereocenters. The SMILES string of the molecule is CCCCCCC(CO)(CO)C1CCCC1. The first-order valence-electron chi connectivity index (χ1n) is 7.01. The maximum Gasteiger partial charge on any atom is 0.0512 e. The summed E-state index contributed by atoms with van der Waals surface area (Å²) in [6, 6.07) is 0. The lowest BCUT2D eigenvalue weighted by Crippen LogP contribution is -2.37. The Bertz CT molecular complexity index is 170. The number of rotatable bonds is 8. The summed E-state index contributed by atoms with van der Waals surface area (Å²) in [5, 5.41) is 19.3. The Balaban J connectivity index is 2.43. The number of hydrogen-bond acceptors (Lipinski definition) is 2. The van der Waals surface area contributed by atoms with Gasteiger partial charge in [-0.1, -0.05) is 45.4 Å². The maximum atomic E-state index is 9.63. The zero-order valence-corrected chi connectivity index (χ0v) is 10.7. The molecule has 2 heteroatoms. The molecule has 0 aromatic carbocycles. The number of aliphatic hydroxyl groups excluding tert-OH is 2. The van der Waals surface area contributed by atoms with E-state index in [1.165, 1.54) is 44.9 Å². The van der Waals surface area contributed by atoms with E-state index in [-0.39, 0.29) is 18.6 Å². The number of hydrogen-bond donors (Lipinski definition) is 2. The van der Waals surface area contributed by atoms with Gasteiger partial charge >= 0.3 is 0 Å². The minimum Gasteiger partial charge on any atom is -0.396 e. The molecule has 96 valence electrons. The van der Waals surface area contributed by atoms with Crippen LogP contribution in [-0.4, -0.2) is 23.4 Å². The molecule has 0 bridgehead atoms. The van der Waals surface area contributed by atoms with Gasteiger partial charge in [0.1, 0.15) is 0 Å². The molecule has 2 nitrogen and oxygen atoms in total. The minimum atomic E-state index is -0.176. The van der Waals surface area contributed by atoms with Gasteiger partial charge in [0.05, 0.1) is 13.2 Å². The Morgan fingerprint density at radius 2 is 1.62 bits per heavy atom. The Kier molecular flexibility index (Phi) is 6.37. The molecule has 1 saturated carbocycles. The lowest BCUT2D eigenvalue weighted by Gasteiger charge is -2.36. The summed E-state index contributed by atoms with van der Waals surface area (Å²) >= 11 is 0. The van der Waals surface area contributed by atoms with E-state index in [4.69, 9.17) is 0 Å². The van der Waals surface area contributed by atoms with Crippen LogP contribution in [-0.2, 0) is 0 Å². The molecule has 0 aliphatic heterocycles. The van der Waals surface area contributed by atoms with Gasteiger partial charge in [-0.15, -0.1) is 0 Å². The highest BCUT2D eigenvalue weighted by Gasteiger charge is 2.38. The van der Waals surface area contributed by atoms with E-state index >= 15 is 0 Å². The van der Waals surface area contributed by atoms with Crippen LogP contribution in [0.4, 0.5) is 0 Å². The molecule has 1 aliphatic rings. The normalized spacial score (nSPS) is 18.2. The Labute approximate surface area is 100 Å². The number of aliphatic hydroxyl groups is 2. The summed E-state index contributed by atoms with van der Waals surface area (Å²) in [5.74, 6) is 0.559. The third kappa shape index (κ3) is 3.46. The molecule has 2 N–H and O–H groups in total. The molecule has 1 aliphatic carbocycles. The van der Waals surface area contributed by atoms with Gasteiger partial charge in [0, 0.05) is 5.41 Å². The predicted octanol–water partition coefficient (Wildman–Crippen LogP) is 3.12. The fourth-order valence-corrected chi connectivity index (χ4v) is 3.11. The third-order valence-corrected chi connectivity index (χ3v) is 4.38. The van der Waals surface area contributed by atoms with Crippen LogP contribution >= 0.6 is 0 Å². The van der Waals surface area contributed by atoms with Crippen molar-refractivity contribution in [1.82, 2.24) is 0 Å². The van der Waals surface area contributed by atoms with Crippen molar-refractivity contribution in [2.45, 2.75) is 64.7 Å². The lowest BCUT2D eigenvalue weighted by atomic mass is 9.72. The van der Waals surface area contributed by atoms with Gasteiger partial charge in [-0.3, -0.25) is 0 Å². The topological polar surface area (TPSA) is 40.5 Å². The van der Waals surface area contributed by atoms with Crippen molar-refractivity contribution in [3.63, 3.8) is 0 Å². The average Bonchev–Trinajstić information content (AvgIpc) is 2.84. The van der Waals surface area contributed by atoms with Crippen molar-refractivity contribution in [3.8, 4) is 0 Å². The molecule has 1 rings (SSSR count). The monoisotopic (exact) mass is 228 g/mol. The van der Waals surface area contributed by atoms with E-state index in [9.17, 15) is 10.2 Å². The van der Waals surface area contributed by atoms with Crippen LogP contribution in [0.2, 0.25) is 0 Å². The van der Waals surface area contributed by atoms with E-state index in [1.807, 2.05) is 0 Å². The fourth-order valence-electron chi connectivity index (χ4n) is 3.11. The van der Waals surface area contributed by atoms with Crippen LogP contribution < -0.4 is 0 Å². The molecule has 0 saturated heterocycles. The first kappa shape index (κ1) is 14.0. The van der Waals surface area contributed by atoms with Crippen LogP contribution in [0.25, 0.3) is 0 Å². The van der Waals surface area contributed by atoms with Gasteiger partial charge in [-0.05, 0) is 25.2 Å². The molecule has 0 atom stereocenters. The lowest BCUT2D eigenvalue weighted by molar-refractivity contribution is -0.00347. The van der Waals surface area contributed by atoms with E-state index in [0.717, 1.165) is 12.8 Å². The highest BCUT2D eigenvalue weighted by molar-refractivity contribution is 4.88. The summed E-state index contributed by atoms with van der Waals surface area (Å²) < 4.78 is 0. The second kappa shape index (κ2) is 7.29. The summed E-state index contributed by atoms with van der Waals surface area (Å²) in [7, 11) is 0. The molecular formula is C14H28O2.